The molecule has 1 aliphatic carbocycles. The lowest BCUT2D eigenvalue weighted by Gasteiger charge is -2.23. The van der Waals surface area contributed by atoms with E-state index >= 15 is 0 Å². The van der Waals surface area contributed by atoms with Crippen LogP contribution in [0, 0.1) is 0 Å². The molecule has 108 valence electrons. The highest BCUT2D eigenvalue weighted by molar-refractivity contribution is 7.16. The van der Waals surface area contributed by atoms with Gasteiger partial charge in [-0.2, -0.15) is 0 Å². The Balaban J connectivity index is 1.67. The summed E-state index contributed by atoms with van der Waals surface area (Å²) in [5, 5.41) is 3.62. The van der Waals surface area contributed by atoms with Crippen LogP contribution in [-0.4, -0.2) is 33.5 Å². The number of aryl methyl sites for hydroxylation is 1. The number of methoxy groups -OCH3 is 1. The molecular formula is C14H22ClNO2S. The molecule has 1 atom stereocenters. The van der Waals surface area contributed by atoms with Crippen LogP contribution >= 0.6 is 22.9 Å². The molecule has 1 unspecified atom stereocenters. The fourth-order valence-electron chi connectivity index (χ4n) is 2.43. The van der Waals surface area contributed by atoms with Crippen molar-refractivity contribution in [3.05, 3.63) is 20.8 Å². The van der Waals surface area contributed by atoms with Crippen LogP contribution in [0.1, 0.15) is 35.7 Å². The van der Waals surface area contributed by atoms with Gasteiger partial charge in [0.15, 0.2) is 0 Å². The van der Waals surface area contributed by atoms with E-state index in [2.05, 4.69) is 11.4 Å². The fourth-order valence-corrected chi connectivity index (χ4v) is 3.81. The molecule has 0 saturated carbocycles. The minimum Gasteiger partial charge on any atom is -0.382 e. The van der Waals surface area contributed by atoms with Gasteiger partial charge in [0.25, 0.3) is 0 Å². The Morgan fingerprint density at radius 2 is 2.32 bits per heavy atom. The molecule has 5 heteroatoms. The van der Waals surface area contributed by atoms with Crippen molar-refractivity contribution >= 4 is 22.9 Å². The first kappa shape index (κ1) is 15.3. The number of ether oxygens (including phenoxy) is 2. The Morgan fingerprint density at radius 1 is 1.42 bits per heavy atom. The van der Waals surface area contributed by atoms with Gasteiger partial charge in [0.05, 0.1) is 17.6 Å². The first-order chi connectivity index (χ1) is 9.31. The van der Waals surface area contributed by atoms with Crippen LogP contribution in [0.3, 0.4) is 0 Å². The van der Waals surface area contributed by atoms with Crippen molar-refractivity contribution in [2.24, 2.45) is 0 Å². The molecule has 1 N–H and O–H groups in total. The van der Waals surface area contributed by atoms with Gasteiger partial charge in [-0.25, -0.2) is 0 Å². The lowest BCUT2D eigenvalue weighted by Crippen LogP contribution is -2.26. The second-order valence-electron chi connectivity index (χ2n) is 4.79. The van der Waals surface area contributed by atoms with E-state index in [9.17, 15) is 0 Å². The van der Waals surface area contributed by atoms with Crippen molar-refractivity contribution < 1.29 is 9.47 Å². The Morgan fingerprint density at radius 3 is 3.16 bits per heavy atom. The van der Waals surface area contributed by atoms with Gasteiger partial charge in [-0.05, 0) is 43.9 Å². The largest absolute Gasteiger partial charge is 0.382 e. The highest BCUT2D eigenvalue weighted by atomic mass is 35.5. The standard InChI is InChI=1S/C14H22ClNO2S/c1-17-8-9-18-7-3-6-16-12-4-2-5-13-11(12)10-14(15)19-13/h10,12,16H,2-9H2,1H3. The van der Waals surface area contributed by atoms with Crippen LogP contribution in [0.25, 0.3) is 0 Å². The van der Waals surface area contributed by atoms with Gasteiger partial charge in [-0.3, -0.25) is 0 Å². The maximum absolute atomic E-state index is 6.11. The molecule has 0 saturated heterocycles. The van der Waals surface area contributed by atoms with E-state index in [1.54, 1.807) is 18.4 Å². The molecule has 0 aromatic carbocycles. The van der Waals surface area contributed by atoms with Crippen LogP contribution in [0.2, 0.25) is 4.34 Å². The molecule has 0 fully saturated rings. The quantitative estimate of drug-likeness (QED) is 0.747. The second kappa shape index (κ2) is 8.22. The van der Waals surface area contributed by atoms with Crippen LogP contribution in [0.5, 0.6) is 0 Å². The zero-order valence-corrected chi connectivity index (χ0v) is 13.0. The van der Waals surface area contributed by atoms with Crippen molar-refractivity contribution in [2.75, 3.05) is 33.5 Å². The first-order valence-corrected chi connectivity index (χ1v) is 8.09. The summed E-state index contributed by atoms with van der Waals surface area (Å²) in [6.45, 7) is 3.14. The summed E-state index contributed by atoms with van der Waals surface area (Å²) in [5.74, 6) is 0. The molecule has 1 aromatic heterocycles. The van der Waals surface area contributed by atoms with Gasteiger partial charge >= 0.3 is 0 Å². The summed E-state index contributed by atoms with van der Waals surface area (Å²) in [6, 6.07) is 2.61. The average molecular weight is 304 g/mol. The first-order valence-electron chi connectivity index (χ1n) is 6.89. The van der Waals surface area contributed by atoms with Gasteiger partial charge in [0, 0.05) is 24.6 Å². The molecule has 2 rings (SSSR count). The van der Waals surface area contributed by atoms with E-state index in [-0.39, 0.29) is 0 Å². The van der Waals surface area contributed by atoms with Gasteiger partial charge in [0.2, 0.25) is 0 Å². The van der Waals surface area contributed by atoms with Crippen molar-refractivity contribution in [3.8, 4) is 0 Å². The molecule has 0 amide bonds. The highest BCUT2D eigenvalue weighted by Crippen LogP contribution is 2.37. The monoisotopic (exact) mass is 303 g/mol. The van der Waals surface area contributed by atoms with E-state index < -0.39 is 0 Å². The molecule has 0 aliphatic heterocycles. The Bertz CT molecular complexity index is 384. The molecule has 0 radical (unpaired) electrons. The lowest BCUT2D eigenvalue weighted by molar-refractivity contribution is 0.0692. The van der Waals surface area contributed by atoms with Crippen LogP contribution in [0.4, 0.5) is 0 Å². The van der Waals surface area contributed by atoms with Crippen LogP contribution < -0.4 is 5.32 Å². The van der Waals surface area contributed by atoms with Gasteiger partial charge in [-0.1, -0.05) is 11.6 Å². The van der Waals surface area contributed by atoms with Crippen molar-refractivity contribution in [2.45, 2.75) is 31.7 Å². The molecule has 0 spiro atoms. The summed E-state index contributed by atoms with van der Waals surface area (Å²) in [4.78, 5) is 1.46. The molecule has 19 heavy (non-hydrogen) atoms. The Kier molecular flexibility index (Phi) is 6.61. The third-order valence-corrected chi connectivity index (χ3v) is 4.71. The smallest absolute Gasteiger partial charge is 0.0934 e. The topological polar surface area (TPSA) is 30.5 Å². The summed E-state index contributed by atoms with van der Waals surface area (Å²) < 4.78 is 11.3. The van der Waals surface area contributed by atoms with Crippen LogP contribution in [-0.2, 0) is 15.9 Å². The van der Waals surface area contributed by atoms with Gasteiger partial charge in [0.1, 0.15) is 0 Å². The Hall–Kier alpha value is -0.130. The maximum Gasteiger partial charge on any atom is 0.0934 e. The summed E-state index contributed by atoms with van der Waals surface area (Å²) in [7, 11) is 1.69. The third-order valence-electron chi connectivity index (χ3n) is 3.37. The summed E-state index contributed by atoms with van der Waals surface area (Å²) >= 11 is 7.84. The average Bonchev–Trinajstić information content (AvgIpc) is 2.78. The SMILES string of the molecule is COCCOCCCNC1CCCc2sc(Cl)cc21. The number of halogens is 1. The number of nitrogens with one attached hydrogen (secondary N) is 1. The number of thiophene rings is 1. The predicted octanol–water partition coefficient (Wildman–Crippen LogP) is 3.42. The zero-order valence-electron chi connectivity index (χ0n) is 11.4. The van der Waals surface area contributed by atoms with Crippen molar-refractivity contribution in [3.63, 3.8) is 0 Å². The molecule has 3 nitrogen and oxygen atoms in total. The minimum atomic E-state index is 0.478. The zero-order chi connectivity index (χ0) is 13.5. The van der Waals surface area contributed by atoms with E-state index in [1.807, 2.05) is 0 Å². The lowest BCUT2D eigenvalue weighted by atomic mass is 9.94. The summed E-state index contributed by atoms with van der Waals surface area (Å²) in [5.41, 5.74) is 1.42. The molecule has 0 bridgehead atoms. The second-order valence-corrected chi connectivity index (χ2v) is 6.55. The molecule has 1 heterocycles. The third kappa shape index (κ3) is 4.72. The van der Waals surface area contributed by atoms with Crippen molar-refractivity contribution in [1.82, 2.24) is 5.32 Å². The number of fused-ring (bicyclic) bond motifs is 1. The predicted molar refractivity (Wildman–Crippen MR) is 80.3 cm³/mol. The van der Waals surface area contributed by atoms with E-state index in [1.165, 1.54) is 29.7 Å². The number of rotatable bonds is 8. The van der Waals surface area contributed by atoms with Gasteiger partial charge in [-0.15, -0.1) is 11.3 Å². The van der Waals surface area contributed by atoms with E-state index in [4.69, 9.17) is 21.1 Å². The fraction of sp³-hybridized carbons (Fsp3) is 0.714. The van der Waals surface area contributed by atoms with Crippen LogP contribution in [0.15, 0.2) is 6.07 Å². The molecule has 1 aliphatic rings. The van der Waals surface area contributed by atoms with Gasteiger partial charge < -0.3 is 14.8 Å². The number of hydrogen-bond acceptors (Lipinski definition) is 4. The maximum atomic E-state index is 6.11. The minimum absolute atomic E-state index is 0.478. The van der Waals surface area contributed by atoms with Crippen molar-refractivity contribution in [1.29, 1.82) is 0 Å². The van der Waals surface area contributed by atoms with E-state index in [0.717, 1.165) is 23.9 Å². The Labute approximate surface area is 124 Å². The number of hydrogen-bond donors (Lipinski definition) is 1. The normalized spacial score (nSPS) is 18.5. The summed E-state index contributed by atoms with van der Waals surface area (Å²) in [6.07, 6.45) is 4.69. The highest BCUT2D eigenvalue weighted by Gasteiger charge is 2.21. The molecular weight excluding hydrogens is 282 g/mol. The molecule has 1 aromatic rings. The van der Waals surface area contributed by atoms with E-state index in [0.29, 0.717) is 19.3 Å².